The van der Waals surface area contributed by atoms with Crippen LogP contribution in [0.25, 0.3) is 32.3 Å². The molecule has 0 spiro atoms. The molecule has 3 unspecified atom stereocenters. The van der Waals surface area contributed by atoms with Crippen LogP contribution < -0.4 is 14.2 Å². The molecule has 0 saturated carbocycles. The van der Waals surface area contributed by atoms with E-state index in [0.717, 1.165) is 37.1 Å². The van der Waals surface area contributed by atoms with E-state index >= 15 is 0 Å². The van der Waals surface area contributed by atoms with Gasteiger partial charge in [0.1, 0.15) is 55.4 Å². The van der Waals surface area contributed by atoms with Crippen LogP contribution in [0.4, 0.5) is 0 Å². The van der Waals surface area contributed by atoms with Gasteiger partial charge in [0.2, 0.25) is 0 Å². The van der Waals surface area contributed by atoms with E-state index in [1.807, 2.05) is 72.8 Å². The van der Waals surface area contributed by atoms with Crippen molar-refractivity contribution in [3.63, 3.8) is 0 Å². The molecule has 6 aromatic carbocycles. The second kappa shape index (κ2) is 23.3. The SMILES string of the molecule is CCCCC.CCCCC.c1ccc2c(OCC3CO3)cccc2c1.c1ccc2c(OCC3CO3)cccc2c1.c1ccc2c(OCC3CO3)cccc2c1. The van der Waals surface area contributed by atoms with Gasteiger partial charge in [-0.3, -0.25) is 0 Å². The van der Waals surface area contributed by atoms with E-state index < -0.39 is 0 Å². The highest BCUT2D eigenvalue weighted by Crippen LogP contribution is 2.28. The van der Waals surface area contributed by atoms with Crippen LogP contribution in [0.1, 0.15) is 66.2 Å². The van der Waals surface area contributed by atoms with Crippen molar-refractivity contribution in [2.75, 3.05) is 39.6 Å². The normalized spacial score (nSPS) is 17.1. The molecule has 3 heterocycles. The molecule has 0 bridgehead atoms. The Hall–Kier alpha value is -4.62. The molecule has 0 aromatic heterocycles. The molecule has 0 aliphatic carbocycles. The summed E-state index contributed by atoms with van der Waals surface area (Å²) in [6.07, 6.45) is 9.08. The van der Waals surface area contributed by atoms with Gasteiger partial charge < -0.3 is 28.4 Å². The monoisotopic (exact) mass is 744 g/mol. The molecule has 292 valence electrons. The predicted octanol–water partition coefficient (Wildman–Crippen LogP) is 12.2. The minimum atomic E-state index is 0.309. The second-order valence-corrected chi connectivity index (χ2v) is 13.9. The topological polar surface area (TPSA) is 65.3 Å². The molecule has 3 aliphatic heterocycles. The predicted molar refractivity (Wildman–Crippen MR) is 228 cm³/mol. The van der Waals surface area contributed by atoms with E-state index in [4.69, 9.17) is 28.4 Å². The summed E-state index contributed by atoms with van der Waals surface area (Å²) in [4.78, 5) is 0. The average molecular weight is 745 g/mol. The van der Waals surface area contributed by atoms with Crippen molar-refractivity contribution in [1.82, 2.24) is 0 Å². The van der Waals surface area contributed by atoms with E-state index in [1.54, 1.807) is 0 Å². The third-order valence-electron chi connectivity index (χ3n) is 9.14. The molecule has 55 heavy (non-hydrogen) atoms. The van der Waals surface area contributed by atoms with E-state index in [0.29, 0.717) is 38.1 Å². The van der Waals surface area contributed by atoms with Crippen molar-refractivity contribution in [3.8, 4) is 17.2 Å². The fourth-order valence-corrected chi connectivity index (χ4v) is 5.71. The van der Waals surface area contributed by atoms with Crippen molar-refractivity contribution in [2.45, 2.75) is 84.5 Å². The smallest absolute Gasteiger partial charge is 0.127 e. The van der Waals surface area contributed by atoms with Gasteiger partial charge in [-0.15, -0.1) is 0 Å². The number of ether oxygens (including phenoxy) is 6. The molecule has 6 aromatic rings. The zero-order chi connectivity index (χ0) is 38.5. The van der Waals surface area contributed by atoms with Gasteiger partial charge in [0.25, 0.3) is 0 Å². The second-order valence-electron chi connectivity index (χ2n) is 13.9. The molecule has 3 saturated heterocycles. The zero-order valence-electron chi connectivity index (χ0n) is 33.3. The van der Waals surface area contributed by atoms with Crippen LogP contribution in [-0.4, -0.2) is 58.0 Å². The molecule has 6 heteroatoms. The molecule has 0 radical (unpaired) electrons. The van der Waals surface area contributed by atoms with Crippen LogP contribution in [0.5, 0.6) is 17.2 Å². The number of rotatable bonds is 13. The molecule has 9 rings (SSSR count). The lowest BCUT2D eigenvalue weighted by Crippen LogP contribution is -2.04. The van der Waals surface area contributed by atoms with Gasteiger partial charge in [0.15, 0.2) is 0 Å². The minimum absolute atomic E-state index is 0.309. The summed E-state index contributed by atoms with van der Waals surface area (Å²) in [5.41, 5.74) is 0. The number of hydrogen-bond acceptors (Lipinski definition) is 6. The molecule has 0 N–H and O–H groups in total. The molecule has 3 fully saturated rings. The van der Waals surface area contributed by atoms with Gasteiger partial charge in [-0.2, -0.15) is 0 Å². The Balaban J connectivity index is 0.000000141. The van der Waals surface area contributed by atoms with E-state index in [2.05, 4.69) is 82.3 Å². The van der Waals surface area contributed by atoms with Crippen LogP contribution in [0, 0.1) is 0 Å². The Labute approximate surface area is 328 Å². The Kier molecular flexibility index (Phi) is 17.6. The summed E-state index contributed by atoms with van der Waals surface area (Å²) in [6, 6.07) is 43.1. The number of benzene rings is 6. The summed E-state index contributed by atoms with van der Waals surface area (Å²) < 4.78 is 32.5. The van der Waals surface area contributed by atoms with Crippen LogP contribution in [0.15, 0.2) is 127 Å². The van der Waals surface area contributed by atoms with E-state index in [1.165, 1.54) is 70.8 Å². The lowest BCUT2D eigenvalue weighted by Gasteiger charge is -2.07. The zero-order valence-corrected chi connectivity index (χ0v) is 33.3. The van der Waals surface area contributed by atoms with Crippen LogP contribution in [0.3, 0.4) is 0 Å². The van der Waals surface area contributed by atoms with Gasteiger partial charge in [-0.25, -0.2) is 0 Å². The third-order valence-corrected chi connectivity index (χ3v) is 9.14. The maximum absolute atomic E-state index is 5.72. The molecule has 6 nitrogen and oxygen atoms in total. The van der Waals surface area contributed by atoms with Crippen molar-refractivity contribution in [3.05, 3.63) is 127 Å². The first-order chi connectivity index (χ1) is 27.1. The highest BCUT2D eigenvalue weighted by atomic mass is 16.6. The highest BCUT2D eigenvalue weighted by Gasteiger charge is 2.24. The standard InChI is InChI=1S/3C13H12O2.2C5H12/c3*1-2-6-12-10(4-1)5-3-7-13(12)15-9-11-8-14-11;2*1-3-5-4-2/h3*1-7,11H,8-9H2;2*3-5H2,1-2H3. The molecule has 0 amide bonds. The summed E-state index contributed by atoms with van der Waals surface area (Å²) in [6.45, 7) is 13.3. The quantitative estimate of drug-likeness (QED) is 0.110. The van der Waals surface area contributed by atoms with E-state index in [-0.39, 0.29) is 0 Å². The average Bonchev–Trinajstić information content (AvgIpc) is 4.08. The maximum Gasteiger partial charge on any atom is 0.127 e. The number of epoxide rings is 3. The Morgan fingerprint density at radius 1 is 0.382 bits per heavy atom. The highest BCUT2D eigenvalue weighted by molar-refractivity contribution is 5.89. The molecular weight excluding hydrogens is 685 g/mol. The number of fused-ring (bicyclic) bond motifs is 3. The summed E-state index contributed by atoms with van der Waals surface area (Å²) >= 11 is 0. The summed E-state index contributed by atoms with van der Waals surface area (Å²) in [7, 11) is 0. The molecule has 3 aliphatic rings. The Bertz CT molecular complexity index is 1720. The first kappa shape index (κ1) is 41.5. The lowest BCUT2D eigenvalue weighted by molar-refractivity contribution is 0.265. The first-order valence-electron chi connectivity index (χ1n) is 20.3. The summed E-state index contributed by atoms with van der Waals surface area (Å²) in [5, 5.41) is 7.15. The number of hydrogen-bond donors (Lipinski definition) is 0. The van der Waals surface area contributed by atoms with Crippen molar-refractivity contribution >= 4 is 32.3 Å². The van der Waals surface area contributed by atoms with Crippen LogP contribution in [-0.2, 0) is 14.2 Å². The van der Waals surface area contributed by atoms with Crippen LogP contribution >= 0.6 is 0 Å². The lowest BCUT2D eigenvalue weighted by atomic mass is 10.1. The van der Waals surface area contributed by atoms with Gasteiger partial charge in [-0.05, 0) is 34.4 Å². The van der Waals surface area contributed by atoms with Crippen molar-refractivity contribution < 1.29 is 28.4 Å². The fraction of sp³-hybridized carbons (Fsp3) is 0.388. The molecular formula is C49H60O6. The van der Waals surface area contributed by atoms with Crippen molar-refractivity contribution in [2.24, 2.45) is 0 Å². The van der Waals surface area contributed by atoms with E-state index in [9.17, 15) is 0 Å². The fourth-order valence-electron chi connectivity index (χ4n) is 5.71. The summed E-state index contributed by atoms with van der Waals surface area (Å²) in [5.74, 6) is 2.84. The Morgan fingerprint density at radius 3 is 0.873 bits per heavy atom. The third kappa shape index (κ3) is 14.9. The van der Waals surface area contributed by atoms with Gasteiger partial charge in [0, 0.05) is 16.2 Å². The molecule has 3 atom stereocenters. The van der Waals surface area contributed by atoms with Gasteiger partial charge >= 0.3 is 0 Å². The van der Waals surface area contributed by atoms with Crippen molar-refractivity contribution in [1.29, 1.82) is 0 Å². The van der Waals surface area contributed by atoms with Gasteiger partial charge in [-0.1, -0.05) is 175 Å². The largest absolute Gasteiger partial charge is 0.490 e. The minimum Gasteiger partial charge on any atom is -0.490 e. The number of unbranched alkanes of at least 4 members (excludes halogenated alkanes) is 4. The maximum atomic E-state index is 5.72. The Morgan fingerprint density at radius 2 is 0.636 bits per heavy atom. The van der Waals surface area contributed by atoms with Crippen LogP contribution in [0.2, 0.25) is 0 Å². The first-order valence-corrected chi connectivity index (χ1v) is 20.3. The van der Waals surface area contributed by atoms with Gasteiger partial charge in [0.05, 0.1) is 19.8 Å².